The zero-order chi connectivity index (χ0) is 24.2. The van der Waals surface area contributed by atoms with Gasteiger partial charge in [0.25, 0.3) is 11.6 Å². The summed E-state index contributed by atoms with van der Waals surface area (Å²) in [7, 11) is -7.66. The monoisotopic (exact) mass is 494 g/mol. The smallest absolute Gasteiger partial charge is 0.270 e. The Morgan fingerprint density at radius 2 is 1.67 bits per heavy atom. The first kappa shape index (κ1) is 24.5. The van der Waals surface area contributed by atoms with E-state index in [1.807, 2.05) is 0 Å². The molecule has 1 saturated heterocycles. The van der Waals surface area contributed by atoms with Crippen LogP contribution >= 0.6 is 0 Å². The van der Waals surface area contributed by atoms with Crippen LogP contribution in [0, 0.1) is 10.1 Å². The molecule has 1 fully saturated rings. The van der Waals surface area contributed by atoms with Crippen molar-refractivity contribution in [3.05, 3.63) is 76.9 Å². The number of sulfonamides is 2. The molecule has 11 nitrogen and oxygen atoms in total. The molecule has 0 aliphatic carbocycles. The zero-order valence-electron chi connectivity index (χ0n) is 17.5. The molecule has 3 rings (SSSR count). The van der Waals surface area contributed by atoms with E-state index in [9.17, 15) is 31.7 Å². The molecule has 0 aromatic heterocycles. The van der Waals surface area contributed by atoms with Gasteiger partial charge in [-0.1, -0.05) is 12.1 Å². The van der Waals surface area contributed by atoms with Crippen molar-refractivity contribution in [1.82, 2.24) is 13.9 Å². The summed E-state index contributed by atoms with van der Waals surface area (Å²) in [6.45, 7) is 3.81. The van der Waals surface area contributed by atoms with Crippen molar-refractivity contribution >= 4 is 31.6 Å². The van der Waals surface area contributed by atoms with E-state index in [1.165, 1.54) is 57.7 Å². The number of benzene rings is 2. The quantitative estimate of drug-likeness (QED) is 0.329. The van der Waals surface area contributed by atoms with Crippen molar-refractivity contribution in [3.63, 3.8) is 0 Å². The fourth-order valence-corrected chi connectivity index (χ4v) is 5.71. The Balaban J connectivity index is 1.67. The topological polar surface area (TPSA) is 147 Å². The Morgan fingerprint density at radius 1 is 1.03 bits per heavy atom. The van der Waals surface area contributed by atoms with Crippen LogP contribution in [-0.2, 0) is 20.0 Å². The van der Waals surface area contributed by atoms with Gasteiger partial charge in [-0.05, 0) is 30.3 Å². The molecule has 0 bridgehead atoms. The first-order valence-electron chi connectivity index (χ1n) is 9.81. The van der Waals surface area contributed by atoms with E-state index >= 15 is 0 Å². The SMILES string of the molecule is C=CCNS(=O)(=O)c1ccc(C(=O)N2CCN(S(=O)(=O)c3cccc([N+](=O)[O-])c3)CC2)cc1. The van der Waals surface area contributed by atoms with E-state index in [1.54, 1.807) is 0 Å². The predicted octanol–water partition coefficient (Wildman–Crippen LogP) is 1.21. The molecular formula is C20H22N4O7S2. The second-order valence-corrected chi connectivity index (χ2v) is 10.8. The average molecular weight is 495 g/mol. The number of piperazine rings is 1. The number of carbonyl (C=O) groups is 1. The van der Waals surface area contributed by atoms with Crippen LogP contribution in [0.2, 0.25) is 0 Å². The highest BCUT2D eigenvalue weighted by Gasteiger charge is 2.31. The van der Waals surface area contributed by atoms with Crippen molar-refractivity contribution < 1.29 is 26.6 Å². The van der Waals surface area contributed by atoms with E-state index in [4.69, 9.17) is 0 Å². The van der Waals surface area contributed by atoms with E-state index in [0.29, 0.717) is 0 Å². The number of amides is 1. The van der Waals surface area contributed by atoms with Crippen molar-refractivity contribution in [3.8, 4) is 0 Å². The van der Waals surface area contributed by atoms with Gasteiger partial charge >= 0.3 is 0 Å². The van der Waals surface area contributed by atoms with Gasteiger partial charge in [0.05, 0.1) is 14.7 Å². The van der Waals surface area contributed by atoms with Crippen molar-refractivity contribution in [2.75, 3.05) is 32.7 Å². The summed E-state index contributed by atoms with van der Waals surface area (Å²) in [5, 5.41) is 10.9. The molecule has 1 heterocycles. The third-order valence-electron chi connectivity index (χ3n) is 5.02. The Labute approximate surface area is 191 Å². The molecule has 0 spiro atoms. The number of hydrogen-bond donors (Lipinski definition) is 1. The van der Waals surface area contributed by atoms with E-state index in [-0.39, 0.29) is 59.7 Å². The molecule has 0 saturated carbocycles. The molecule has 13 heteroatoms. The van der Waals surface area contributed by atoms with Crippen LogP contribution in [0.25, 0.3) is 0 Å². The summed E-state index contributed by atoms with van der Waals surface area (Å²) in [4.78, 5) is 24.4. The van der Waals surface area contributed by atoms with E-state index in [0.717, 1.165) is 6.07 Å². The molecule has 2 aromatic rings. The number of hydrogen-bond acceptors (Lipinski definition) is 7. The normalized spacial score (nSPS) is 15.2. The molecule has 176 valence electrons. The van der Waals surface area contributed by atoms with Crippen LogP contribution in [-0.4, -0.2) is 69.6 Å². The van der Waals surface area contributed by atoms with Crippen molar-refractivity contribution in [2.24, 2.45) is 0 Å². The van der Waals surface area contributed by atoms with E-state index in [2.05, 4.69) is 11.3 Å². The summed E-state index contributed by atoms with van der Waals surface area (Å²) >= 11 is 0. The summed E-state index contributed by atoms with van der Waals surface area (Å²) in [6.07, 6.45) is 1.41. The Hall–Kier alpha value is -3.13. The van der Waals surface area contributed by atoms with Gasteiger partial charge in [0, 0.05) is 50.4 Å². The van der Waals surface area contributed by atoms with Gasteiger partial charge in [0.1, 0.15) is 0 Å². The van der Waals surface area contributed by atoms with Gasteiger partial charge in [-0.25, -0.2) is 21.6 Å². The first-order valence-corrected chi connectivity index (χ1v) is 12.7. The van der Waals surface area contributed by atoms with Crippen LogP contribution in [0.5, 0.6) is 0 Å². The summed E-state index contributed by atoms with van der Waals surface area (Å²) in [5.74, 6) is -0.356. The Kier molecular flexibility index (Phi) is 7.27. The van der Waals surface area contributed by atoms with Crippen LogP contribution in [0.3, 0.4) is 0 Å². The lowest BCUT2D eigenvalue weighted by Gasteiger charge is -2.34. The number of nitrogens with one attached hydrogen (secondary N) is 1. The molecule has 33 heavy (non-hydrogen) atoms. The maximum Gasteiger partial charge on any atom is 0.270 e. The van der Waals surface area contributed by atoms with Gasteiger partial charge < -0.3 is 4.90 Å². The third kappa shape index (κ3) is 5.45. The number of non-ortho nitro benzene ring substituents is 1. The number of nitrogens with zero attached hydrogens (tertiary/aromatic N) is 3. The molecule has 0 radical (unpaired) electrons. The first-order chi connectivity index (χ1) is 15.6. The minimum Gasteiger partial charge on any atom is -0.336 e. The minimum atomic E-state index is -3.95. The standard InChI is InChI=1S/C20H22N4O7S2/c1-2-10-21-32(28,29)18-8-6-16(7-9-18)20(25)22-11-13-23(14-12-22)33(30,31)19-5-3-4-17(15-19)24(26)27/h2-9,15,21H,1,10-14H2. The largest absolute Gasteiger partial charge is 0.336 e. The molecule has 1 aliphatic rings. The average Bonchev–Trinajstić information content (AvgIpc) is 2.82. The zero-order valence-corrected chi connectivity index (χ0v) is 19.1. The molecule has 1 aliphatic heterocycles. The highest BCUT2D eigenvalue weighted by molar-refractivity contribution is 7.89. The van der Waals surface area contributed by atoms with E-state index < -0.39 is 25.0 Å². The van der Waals surface area contributed by atoms with Gasteiger partial charge in [0.2, 0.25) is 20.0 Å². The highest BCUT2D eigenvalue weighted by atomic mass is 32.2. The maximum atomic E-state index is 12.8. The molecule has 1 N–H and O–H groups in total. The molecular weight excluding hydrogens is 472 g/mol. The fraction of sp³-hybridized carbons (Fsp3) is 0.250. The Bertz CT molecular complexity index is 1270. The van der Waals surface area contributed by atoms with Gasteiger partial charge in [0.15, 0.2) is 0 Å². The van der Waals surface area contributed by atoms with Crippen LogP contribution in [0.1, 0.15) is 10.4 Å². The van der Waals surface area contributed by atoms with Gasteiger partial charge in [-0.3, -0.25) is 14.9 Å². The maximum absolute atomic E-state index is 12.8. The van der Waals surface area contributed by atoms with Gasteiger partial charge in [-0.15, -0.1) is 6.58 Å². The van der Waals surface area contributed by atoms with Crippen LogP contribution < -0.4 is 4.72 Å². The summed E-state index contributed by atoms with van der Waals surface area (Å²) in [5.41, 5.74) is -0.0531. The summed E-state index contributed by atoms with van der Waals surface area (Å²) < 4.78 is 53.5. The third-order valence-corrected chi connectivity index (χ3v) is 8.36. The number of nitro groups is 1. The fourth-order valence-electron chi connectivity index (χ4n) is 3.25. The minimum absolute atomic E-state index is 0.00812. The number of carbonyl (C=O) groups excluding carboxylic acids is 1. The second-order valence-electron chi connectivity index (χ2n) is 7.12. The molecule has 2 aromatic carbocycles. The van der Waals surface area contributed by atoms with Crippen molar-refractivity contribution in [2.45, 2.75) is 9.79 Å². The lowest BCUT2D eigenvalue weighted by Crippen LogP contribution is -2.50. The predicted molar refractivity (Wildman–Crippen MR) is 120 cm³/mol. The Morgan fingerprint density at radius 3 is 2.24 bits per heavy atom. The van der Waals surface area contributed by atoms with Crippen molar-refractivity contribution in [1.29, 1.82) is 0 Å². The van der Waals surface area contributed by atoms with Gasteiger partial charge in [-0.2, -0.15) is 4.31 Å². The molecule has 1 amide bonds. The lowest BCUT2D eigenvalue weighted by atomic mass is 10.2. The highest BCUT2D eigenvalue weighted by Crippen LogP contribution is 2.22. The number of nitro benzene ring substituents is 1. The lowest BCUT2D eigenvalue weighted by molar-refractivity contribution is -0.385. The van der Waals surface area contributed by atoms with Crippen LogP contribution in [0.15, 0.2) is 71.0 Å². The second kappa shape index (κ2) is 9.79. The molecule has 0 atom stereocenters. The molecule has 0 unspecified atom stereocenters. The number of rotatable bonds is 8. The summed E-state index contributed by atoms with van der Waals surface area (Å²) in [6, 6.07) is 10.3. The van der Waals surface area contributed by atoms with Crippen LogP contribution in [0.4, 0.5) is 5.69 Å².